The second-order valence-corrected chi connectivity index (χ2v) is 6.70. The van der Waals surface area contributed by atoms with Crippen LogP contribution in [0.4, 0.5) is 13.2 Å². The number of amides is 1. The van der Waals surface area contributed by atoms with E-state index in [1.807, 2.05) is 0 Å². The third kappa shape index (κ3) is 3.33. The van der Waals surface area contributed by atoms with Gasteiger partial charge in [0.05, 0.1) is 26.5 Å². The van der Waals surface area contributed by atoms with Crippen LogP contribution in [0.2, 0.25) is 0 Å². The van der Waals surface area contributed by atoms with Crippen molar-refractivity contribution in [2.75, 3.05) is 20.0 Å². The summed E-state index contributed by atoms with van der Waals surface area (Å²) in [5.41, 5.74) is 0.629. The van der Waals surface area contributed by atoms with Gasteiger partial charge in [-0.25, -0.2) is 13.2 Å². The molecule has 0 saturated carbocycles. The van der Waals surface area contributed by atoms with Gasteiger partial charge in [0.1, 0.15) is 16.9 Å². The first-order valence-corrected chi connectivity index (χ1v) is 8.76. The van der Waals surface area contributed by atoms with E-state index in [9.17, 15) is 18.0 Å². The molecule has 3 rings (SSSR count). The monoisotopic (exact) mass is 383 g/mol. The van der Waals surface area contributed by atoms with Crippen LogP contribution in [-0.4, -0.2) is 30.8 Å². The van der Waals surface area contributed by atoms with Crippen LogP contribution in [0.1, 0.15) is 16.5 Å². The van der Waals surface area contributed by atoms with Crippen molar-refractivity contribution in [1.29, 1.82) is 0 Å². The quantitative estimate of drug-likeness (QED) is 0.735. The molecule has 0 bridgehead atoms. The number of ether oxygens (including phenoxy) is 2. The molecule has 1 fully saturated rings. The lowest BCUT2D eigenvalue weighted by atomic mass is 10.1. The molecule has 1 aliphatic rings. The smallest absolute Gasteiger partial charge is 0.234 e. The summed E-state index contributed by atoms with van der Waals surface area (Å²) in [6.45, 7) is 0.141. The zero-order chi connectivity index (χ0) is 18.8. The summed E-state index contributed by atoms with van der Waals surface area (Å²) in [7, 11) is 3.02. The number of thioether (sulfide) groups is 1. The van der Waals surface area contributed by atoms with Gasteiger partial charge < -0.3 is 14.4 Å². The van der Waals surface area contributed by atoms with E-state index in [0.717, 1.165) is 17.8 Å². The highest BCUT2D eigenvalue weighted by molar-refractivity contribution is 8.00. The van der Waals surface area contributed by atoms with Crippen LogP contribution in [0.3, 0.4) is 0 Å². The Hall–Kier alpha value is -2.35. The average Bonchev–Trinajstić information content (AvgIpc) is 3.00. The van der Waals surface area contributed by atoms with E-state index in [4.69, 9.17) is 9.47 Å². The molecular formula is C18H16F3NO3S. The molecule has 8 heteroatoms. The van der Waals surface area contributed by atoms with Crippen molar-refractivity contribution in [2.45, 2.75) is 11.9 Å². The van der Waals surface area contributed by atoms with Gasteiger partial charge in [0.2, 0.25) is 5.91 Å². The first-order valence-electron chi connectivity index (χ1n) is 7.71. The molecule has 1 atom stereocenters. The van der Waals surface area contributed by atoms with Crippen molar-refractivity contribution < 1.29 is 27.4 Å². The molecule has 1 saturated heterocycles. The number of carbonyl (C=O) groups excluding carboxylic acids is 1. The van der Waals surface area contributed by atoms with Crippen molar-refractivity contribution >= 4 is 17.7 Å². The zero-order valence-electron chi connectivity index (χ0n) is 14.1. The number of benzene rings is 2. The summed E-state index contributed by atoms with van der Waals surface area (Å²) >= 11 is 1.16. The van der Waals surface area contributed by atoms with Gasteiger partial charge in [-0.3, -0.25) is 4.79 Å². The van der Waals surface area contributed by atoms with Gasteiger partial charge in [-0.05, 0) is 18.2 Å². The van der Waals surface area contributed by atoms with E-state index in [1.165, 1.54) is 25.2 Å². The number of halogens is 3. The van der Waals surface area contributed by atoms with Crippen molar-refractivity contribution in [2.24, 2.45) is 0 Å². The largest absolute Gasteiger partial charge is 0.497 e. The topological polar surface area (TPSA) is 38.8 Å². The van der Waals surface area contributed by atoms with Gasteiger partial charge >= 0.3 is 0 Å². The van der Waals surface area contributed by atoms with Crippen LogP contribution >= 0.6 is 11.8 Å². The molecule has 0 N–H and O–H groups in total. The van der Waals surface area contributed by atoms with Gasteiger partial charge in [-0.1, -0.05) is 6.07 Å². The van der Waals surface area contributed by atoms with Gasteiger partial charge in [0, 0.05) is 17.2 Å². The Bertz CT molecular complexity index is 847. The highest BCUT2D eigenvalue weighted by Crippen LogP contribution is 2.42. The van der Waals surface area contributed by atoms with Crippen LogP contribution in [-0.2, 0) is 11.3 Å². The van der Waals surface area contributed by atoms with E-state index < -0.39 is 22.8 Å². The van der Waals surface area contributed by atoms with E-state index >= 15 is 0 Å². The lowest BCUT2D eigenvalue weighted by Gasteiger charge is -2.25. The van der Waals surface area contributed by atoms with Crippen molar-refractivity contribution in [1.82, 2.24) is 4.90 Å². The van der Waals surface area contributed by atoms with Crippen molar-refractivity contribution in [3.05, 3.63) is 58.9 Å². The SMILES string of the molecule is COc1ccc(CN2C(=O)CSC2c2ccc(F)c(F)c2F)c(OC)c1. The highest BCUT2D eigenvalue weighted by Gasteiger charge is 2.36. The third-order valence-corrected chi connectivity index (χ3v) is 5.37. The molecule has 0 aliphatic carbocycles. The lowest BCUT2D eigenvalue weighted by molar-refractivity contribution is -0.128. The standard InChI is InChI=1S/C18H16F3NO3S/c1-24-11-4-3-10(14(7-11)25-2)8-22-15(23)9-26-18(22)12-5-6-13(19)17(21)16(12)20/h3-7,18H,8-9H2,1-2H3. The summed E-state index contributed by atoms with van der Waals surface area (Å²) in [4.78, 5) is 13.7. The van der Waals surface area contributed by atoms with E-state index in [2.05, 4.69) is 0 Å². The minimum Gasteiger partial charge on any atom is -0.497 e. The minimum absolute atomic E-state index is 0.0628. The molecule has 2 aromatic carbocycles. The molecule has 0 aromatic heterocycles. The summed E-state index contributed by atoms with van der Waals surface area (Å²) < 4.78 is 51.5. The number of rotatable bonds is 5. The van der Waals surface area contributed by atoms with Crippen LogP contribution < -0.4 is 9.47 Å². The Labute approximate surface area is 152 Å². The maximum atomic E-state index is 14.2. The molecule has 1 amide bonds. The Balaban J connectivity index is 1.94. The number of hydrogen-bond acceptors (Lipinski definition) is 4. The lowest BCUT2D eigenvalue weighted by Crippen LogP contribution is -2.28. The van der Waals surface area contributed by atoms with Crippen LogP contribution in [0.5, 0.6) is 11.5 Å². The number of carbonyl (C=O) groups is 1. The highest BCUT2D eigenvalue weighted by atomic mass is 32.2. The van der Waals surface area contributed by atoms with Gasteiger partial charge in [-0.2, -0.15) is 0 Å². The molecule has 1 unspecified atom stereocenters. The van der Waals surface area contributed by atoms with Gasteiger partial charge in [0.15, 0.2) is 17.5 Å². The van der Waals surface area contributed by atoms with Crippen LogP contribution in [0.25, 0.3) is 0 Å². The zero-order valence-corrected chi connectivity index (χ0v) is 14.9. The molecule has 1 heterocycles. The Morgan fingerprint density at radius 1 is 1.12 bits per heavy atom. The summed E-state index contributed by atoms with van der Waals surface area (Å²) in [6.07, 6.45) is 0. The van der Waals surface area contributed by atoms with Crippen molar-refractivity contribution in [3.8, 4) is 11.5 Å². The molecule has 4 nitrogen and oxygen atoms in total. The summed E-state index contributed by atoms with van der Waals surface area (Å²) in [6, 6.07) is 7.17. The molecule has 0 spiro atoms. The maximum absolute atomic E-state index is 14.2. The number of nitrogens with zero attached hydrogens (tertiary/aromatic N) is 1. The fourth-order valence-electron chi connectivity index (χ4n) is 2.78. The van der Waals surface area contributed by atoms with E-state index in [1.54, 1.807) is 18.2 Å². The molecule has 0 radical (unpaired) electrons. The predicted octanol–water partition coefficient (Wildman–Crippen LogP) is 3.90. The number of hydrogen-bond donors (Lipinski definition) is 0. The molecule has 138 valence electrons. The van der Waals surface area contributed by atoms with Gasteiger partial charge in [0.25, 0.3) is 0 Å². The first kappa shape index (κ1) is 18.4. The second-order valence-electron chi connectivity index (χ2n) is 5.63. The molecule has 2 aromatic rings. The van der Waals surface area contributed by atoms with Crippen LogP contribution in [0, 0.1) is 17.5 Å². The number of methoxy groups -OCH3 is 2. The van der Waals surface area contributed by atoms with Crippen molar-refractivity contribution in [3.63, 3.8) is 0 Å². The van der Waals surface area contributed by atoms with E-state index in [0.29, 0.717) is 17.1 Å². The molecule has 26 heavy (non-hydrogen) atoms. The first-order chi connectivity index (χ1) is 12.5. The summed E-state index contributed by atoms with van der Waals surface area (Å²) in [5, 5.41) is -0.746. The van der Waals surface area contributed by atoms with Crippen LogP contribution in [0.15, 0.2) is 30.3 Å². The van der Waals surface area contributed by atoms with E-state index in [-0.39, 0.29) is 23.8 Å². The maximum Gasteiger partial charge on any atom is 0.234 e. The fraction of sp³-hybridized carbons (Fsp3) is 0.278. The Kier molecular flexibility index (Phi) is 5.31. The Morgan fingerprint density at radius 3 is 2.58 bits per heavy atom. The second kappa shape index (κ2) is 7.49. The normalized spacial score (nSPS) is 16.9. The predicted molar refractivity (Wildman–Crippen MR) is 91.6 cm³/mol. The Morgan fingerprint density at radius 2 is 1.88 bits per heavy atom. The molecule has 1 aliphatic heterocycles. The molecular weight excluding hydrogens is 367 g/mol. The summed E-state index contributed by atoms with van der Waals surface area (Å²) in [5.74, 6) is -3.06. The van der Waals surface area contributed by atoms with Gasteiger partial charge in [-0.15, -0.1) is 11.8 Å². The third-order valence-electron chi connectivity index (χ3n) is 4.13. The average molecular weight is 383 g/mol. The fourth-order valence-corrected chi connectivity index (χ4v) is 3.98. The minimum atomic E-state index is -1.54.